The molecule has 2 aromatic carbocycles. The second kappa shape index (κ2) is 7.03. The van der Waals surface area contributed by atoms with E-state index in [1.165, 1.54) is 28.8 Å². The predicted octanol–water partition coefficient (Wildman–Crippen LogP) is 6.11. The first-order valence-corrected chi connectivity index (χ1v) is 9.49. The van der Waals surface area contributed by atoms with Gasteiger partial charge in [-0.05, 0) is 80.5 Å². The van der Waals surface area contributed by atoms with Crippen LogP contribution in [0.15, 0.2) is 47.5 Å². The summed E-state index contributed by atoms with van der Waals surface area (Å²) in [6, 6.07) is 15.3. The van der Waals surface area contributed by atoms with Crippen molar-refractivity contribution < 1.29 is 0 Å². The molecule has 0 bridgehead atoms. The lowest BCUT2D eigenvalue weighted by molar-refractivity contribution is 0.381. The van der Waals surface area contributed by atoms with E-state index in [0.29, 0.717) is 5.92 Å². The summed E-state index contributed by atoms with van der Waals surface area (Å²) in [7, 11) is 0. The van der Waals surface area contributed by atoms with Gasteiger partial charge in [-0.1, -0.05) is 32.0 Å². The summed E-state index contributed by atoms with van der Waals surface area (Å²) in [5.41, 5.74) is 6.60. The molecule has 2 heteroatoms. The van der Waals surface area contributed by atoms with Crippen LogP contribution in [0.3, 0.4) is 0 Å². The fourth-order valence-corrected chi connectivity index (χ4v) is 4.15. The lowest BCUT2D eigenvalue weighted by Crippen LogP contribution is -2.48. The Balaban J connectivity index is 1.87. The van der Waals surface area contributed by atoms with Crippen molar-refractivity contribution in [2.45, 2.75) is 58.9 Å². The third kappa shape index (κ3) is 3.63. The van der Waals surface area contributed by atoms with Crippen molar-refractivity contribution in [1.82, 2.24) is 0 Å². The summed E-state index contributed by atoms with van der Waals surface area (Å²) in [4.78, 5) is 7.19. The van der Waals surface area contributed by atoms with E-state index in [9.17, 15) is 0 Å². The topological polar surface area (TPSA) is 15.6 Å². The number of hydrogen-bond acceptors (Lipinski definition) is 2. The van der Waals surface area contributed by atoms with Gasteiger partial charge in [-0.3, -0.25) is 4.99 Å². The van der Waals surface area contributed by atoms with E-state index in [1.807, 2.05) is 6.21 Å². The van der Waals surface area contributed by atoms with Crippen LogP contribution in [0.1, 0.15) is 63.6 Å². The Morgan fingerprint density at radius 2 is 1.84 bits per heavy atom. The maximum atomic E-state index is 4.66. The molecule has 2 aromatic rings. The van der Waals surface area contributed by atoms with Gasteiger partial charge in [0.25, 0.3) is 0 Å². The number of benzene rings is 2. The Bertz CT molecular complexity index is 756. The predicted molar refractivity (Wildman–Crippen MR) is 110 cm³/mol. The Kier molecular flexibility index (Phi) is 4.99. The zero-order valence-electron chi connectivity index (χ0n) is 16.2. The summed E-state index contributed by atoms with van der Waals surface area (Å²) >= 11 is 0. The largest absolute Gasteiger partial charge is 0.366 e. The van der Waals surface area contributed by atoms with Gasteiger partial charge < -0.3 is 4.90 Å². The molecule has 0 saturated carbocycles. The van der Waals surface area contributed by atoms with Crippen molar-refractivity contribution in [3.05, 3.63) is 59.2 Å². The number of nitrogens with zero attached hydrogens (tertiary/aromatic N) is 2. The van der Waals surface area contributed by atoms with Gasteiger partial charge in [0.1, 0.15) is 0 Å². The van der Waals surface area contributed by atoms with E-state index in [-0.39, 0.29) is 5.54 Å². The quantitative estimate of drug-likeness (QED) is 0.616. The molecule has 0 aromatic heterocycles. The fraction of sp³-hybridized carbons (Fsp3) is 0.435. The van der Waals surface area contributed by atoms with Crippen molar-refractivity contribution in [1.29, 1.82) is 0 Å². The molecule has 0 amide bonds. The molecule has 3 rings (SSSR count). The van der Waals surface area contributed by atoms with Gasteiger partial charge in [0.15, 0.2) is 0 Å². The average Bonchev–Trinajstić information content (AvgIpc) is 2.60. The Hall–Kier alpha value is -2.09. The van der Waals surface area contributed by atoms with E-state index in [2.05, 4.69) is 87.0 Å². The van der Waals surface area contributed by atoms with Crippen LogP contribution in [-0.4, -0.2) is 18.3 Å². The third-order valence-electron chi connectivity index (χ3n) is 5.43. The Morgan fingerprint density at radius 1 is 1.12 bits per heavy atom. The van der Waals surface area contributed by atoms with Crippen molar-refractivity contribution >= 4 is 17.6 Å². The Morgan fingerprint density at radius 3 is 2.48 bits per heavy atom. The van der Waals surface area contributed by atoms with Crippen LogP contribution in [0.4, 0.5) is 11.4 Å². The second-order valence-electron chi connectivity index (χ2n) is 7.76. The summed E-state index contributed by atoms with van der Waals surface area (Å²) in [6.45, 7) is 12.5. The monoisotopic (exact) mass is 334 g/mol. The molecule has 1 unspecified atom stereocenters. The highest BCUT2D eigenvalue weighted by Crippen LogP contribution is 2.43. The molecule has 25 heavy (non-hydrogen) atoms. The molecule has 0 radical (unpaired) electrons. The van der Waals surface area contributed by atoms with Gasteiger partial charge in [0.2, 0.25) is 0 Å². The first kappa shape index (κ1) is 17.7. The highest BCUT2D eigenvalue weighted by atomic mass is 15.2. The molecule has 0 spiro atoms. The molecular weight excluding hydrogens is 304 g/mol. The molecule has 0 saturated heterocycles. The van der Waals surface area contributed by atoms with Crippen LogP contribution >= 0.6 is 0 Å². The molecule has 0 N–H and O–H groups in total. The van der Waals surface area contributed by atoms with E-state index < -0.39 is 0 Å². The van der Waals surface area contributed by atoms with Crippen LogP contribution in [0.2, 0.25) is 0 Å². The zero-order chi connectivity index (χ0) is 18.0. The van der Waals surface area contributed by atoms with Crippen molar-refractivity contribution in [2.75, 3.05) is 11.4 Å². The van der Waals surface area contributed by atoms with Crippen molar-refractivity contribution in [3.8, 4) is 0 Å². The highest BCUT2D eigenvalue weighted by molar-refractivity contribution is 5.83. The SMILES string of the molecule is CCc1ccc(N=Cc2ccc3c(c2)C(C)CC(C)(C)N3CC)cc1. The maximum absolute atomic E-state index is 4.66. The van der Waals surface area contributed by atoms with E-state index in [0.717, 1.165) is 18.7 Å². The molecule has 0 aliphatic carbocycles. The maximum Gasteiger partial charge on any atom is 0.0630 e. The molecule has 132 valence electrons. The molecule has 1 heterocycles. The normalized spacial score (nSPS) is 19.2. The summed E-state index contributed by atoms with van der Waals surface area (Å²) in [5.74, 6) is 0.574. The van der Waals surface area contributed by atoms with Gasteiger partial charge in [0, 0.05) is 24.0 Å². The lowest BCUT2D eigenvalue weighted by Gasteiger charge is -2.47. The third-order valence-corrected chi connectivity index (χ3v) is 5.43. The van der Waals surface area contributed by atoms with Crippen LogP contribution in [0, 0.1) is 0 Å². The summed E-state index contributed by atoms with van der Waals surface area (Å²) in [5, 5.41) is 0. The van der Waals surface area contributed by atoms with Crippen LogP contribution in [0.25, 0.3) is 0 Å². The van der Waals surface area contributed by atoms with E-state index >= 15 is 0 Å². The Labute approximate surface area is 152 Å². The average molecular weight is 335 g/mol. The molecule has 1 aliphatic heterocycles. The van der Waals surface area contributed by atoms with Crippen molar-refractivity contribution in [2.24, 2.45) is 4.99 Å². The first-order valence-electron chi connectivity index (χ1n) is 9.49. The van der Waals surface area contributed by atoms with Crippen LogP contribution in [-0.2, 0) is 6.42 Å². The van der Waals surface area contributed by atoms with Gasteiger partial charge in [-0.25, -0.2) is 0 Å². The number of aryl methyl sites for hydroxylation is 1. The minimum atomic E-state index is 0.220. The number of anilines is 1. The number of hydrogen-bond donors (Lipinski definition) is 0. The molecular formula is C23H30N2. The summed E-state index contributed by atoms with van der Waals surface area (Å²) in [6.07, 6.45) is 4.24. The number of rotatable bonds is 4. The molecule has 1 atom stereocenters. The van der Waals surface area contributed by atoms with E-state index in [4.69, 9.17) is 0 Å². The number of aliphatic imine (C=N–C) groups is 1. The van der Waals surface area contributed by atoms with Gasteiger partial charge >= 0.3 is 0 Å². The standard InChI is InChI=1S/C23H30N2/c1-6-18-8-11-20(12-9-18)24-16-19-10-13-22-21(14-19)17(3)15-23(4,5)25(22)7-2/h8-14,16-17H,6-7,15H2,1-5H3. The minimum Gasteiger partial charge on any atom is -0.366 e. The second-order valence-corrected chi connectivity index (χ2v) is 7.76. The molecule has 2 nitrogen and oxygen atoms in total. The number of fused-ring (bicyclic) bond motifs is 1. The fourth-order valence-electron chi connectivity index (χ4n) is 4.15. The van der Waals surface area contributed by atoms with Crippen LogP contribution in [0.5, 0.6) is 0 Å². The van der Waals surface area contributed by atoms with Crippen molar-refractivity contribution in [3.63, 3.8) is 0 Å². The lowest BCUT2D eigenvalue weighted by atomic mass is 9.79. The minimum absolute atomic E-state index is 0.220. The first-order chi connectivity index (χ1) is 11.9. The van der Waals surface area contributed by atoms with Gasteiger partial charge in [-0.2, -0.15) is 0 Å². The van der Waals surface area contributed by atoms with E-state index in [1.54, 1.807) is 0 Å². The smallest absolute Gasteiger partial charge is 0.0630 e. The summed E-state index contributed by atoms with van der Waals surface area (Å²) < 4.78 is 0. The zero-order valence-corrected chi connectivity index (χ0v) is 16.2. The van der Waals surface area contributed by atoms with Crippen LogP contribution < -0.4 is 4.90 Å². The molecule has 1 aliphatic rings. The van der Waals surface area contributed by atoms with Gasteiger partial charge in [0.05, 0.1) is 5.69 Å². The highest BCUT2D eigenvalue weighted by Gasteiger charge is 2.35. The van der Waals surface area contributed by atoms with Gasteiger partial charge in [-0.15, -0.1) is 0 Å². The molecule has 0 fully saturated rings.